The standard InChI is InChI=1S/C26H23ClN2O4/c1-17-4-7-21(14-24(17)27)29-26(30)19(15-28)12-18-5-8-22(9-6-18)33-16-20-13-23(31-2)10-11-25(20)32-3/h4-14H,16H2,1-3H3,(H,29,30)/b19-12+. The lowest BCUT2D eigenvalue weighted by atomic mass is 10.1. The van der Waals surface area contributed by atoms with Gasteiger partial charge in [-0.15, -0.1) is 0 Å². The van der Waals surface area contributed by atoms with E-state index < -0.39 is 5.91 Å². The number of rotatable bonds is 8. The van der Waals surface area contributed by atoms with Gasteiger partial charge in [-0.05, 0) is 66.6 Å². The van der Waals surface area contributed by atoms with Crippen molar-refractivity contribution in [2.75, 3.05) is 19.5 Å². The summed E-state index contributed by atoms with van der Waals surface area (Å²) in [5.41, 5.74) is 2.93. The van der Waals surface area contributed by atoms with Crippen molar-refractivity contribution < 1.29 is 19.0 Å². The molecule has 168 valence electrons. The molecule has 3 rings (SSSR count). The van der Waals surface area contributed by atoms with Crippen LogP contribution in [0.2, 0.25) is 5.02 Å². The number of carbonyl (C=O) groups is 1. The van der Waals surface area contributed by atoms with Gasteiger partial charge in [-0.2, -0.15) is 5.26 Å². The van der Waals surface area contributed by atoms with Crippen LogP contribution < -0.4 is 19.5 Å². The van der Waals surface area contributed by atoms with E-state index in [1.807, 2.05) is 31.2 Å². The molecule has 0 atom stereocenters. The van der Waals surface area contributed by atoms with Crippen LogP contribution in [-0.4, -0.2) is 20.1 Å². The number of halogens is 1. The van der Waals surface area contributed by atoms with Crippen LogP contribution in [0.5, 0.6) is 17.2 Å². The van der Waals surface area contributed by atoms with Crippen molar-refractivity contribution in [1.29, 1.82) is 5.26 Å². The number of anilines is 1. The van der Waals surface area contributed by atoms with Crippen molar-refractivity contribution >= 4 is 29.3 Å². The summed E-state index contributed by atoms with van der Waals surface area (Å²) >= 11 is 6.10. The summed E-state index contributed by atoms with van der Waals surface area (Å²) in [5.74, 6) is 1.54. The summed E-state index contributed by atoms with van der Waals surface area (Å²) in [5, 5.41) is 12.7. The predicted molar refractivity (Wildman–Crippen MR) is 129 cm³/mol. The first-order valence-corrected chi connectivity index (χ1v) is 10.4. The number of hydrogen-bond acceptors (Lipinski definition) is 5. The molecule has 3 aromatic rings. The molecule has 0 spiro atoms. The summed E-state index contributed by atoms with van der Waals surface area (Å²) in [6.07, 6.45) is 1.51. The Morgan fingerprint density at radius 3 is 2.39 bits per heavy atom. The molecule has 0 bridgehead atoms. The SMILES string of the molecule is COc1ccc(OC)c(COc2ccc(/C=C(\C#N)C(=O)Nc3ccc(C)c(Cl)c3)cc2)c1. The number of nitrogens with one attached hydrogen (secondary N) is 1. The van der Waals surface area contributed by atoms with Crippen LogP contribution in [0.4, 0.5) is 5.69 Å². The number of nitriles is 1. The molecule has 7 heteroatoms. The third kappa shape index (κ3) is 6.28. The molecule has 0 saturated carbocycles. The van der Waals surface area contributed by atoms with E-state index in [-0.39, 0.29) is 5.57 Å². The summed E-state index contributed by atoms with van der Waals surface area (Å²) < 4.78 is 16.5. The van der Waals surface area contributed by atoms with Gasteiger partial charge in [0, 0.05) is 16.3 Å². The molecule has 3 aromatic carbocycles. The first-order chi connectivity index (χ1) is 15.9. The number of aryl methyl sites for hydroxylation is 1. The fraction of sp³-hybridized carbons (Fsp3) is 0.154. The zero-order valence-electron chi connectivity index (χ0n) is 18.5. The number of methoxy groups -OCH3 is 2. The van der Waals surface area contributed by atoms with E-state index in [4.69, 9.17) is 25.8 Å². The van der Waals surface area contributed by atoms with Crippen molar-refractivity contribution in [3.8, 4) is 23.3 Å². The van der Waals surface area contributed by atoms with E-state index in [1.54, 1.807) is 56.7 Å². The first-order valence-electron chi connectivity index (χ1n) is 10.1. The fourth-order valence-electron chi connectivity index (χ4n) is 3.00. The van der Waals surface area contributed by atoms with Crippen LogP contribution in [0.15, 0.2) is 66.2 Å². The molecule has 0 heterocycles. The Kier molecular flexibility index (Phi) is 7.96. The smallest absolute Gasteiger partial charge is 0.266 e. The number of ether oxygens (including phenoxy) is 3. The molecule has 33 heavy (non-hydrogen) atoms. The highest BCUT2D eigenvalue weighted by atomic mass is 35.5. The lowest BCUT2D eigenvalue weighted by Gasteiger charge is -2.12. The fourth-order valence-corrected chi connectivity index (χ4v) is 3.18. The maximum absolute atomic E-state index is 12.5. The number of amides is 1. The zero-order valence-corrected chi connectivity index (χ0v) is 19.3. The second-order valence-electron chi connectivity index (χ2n) is 7.12. The number of nitrogens with zero attached hydrogens (tertiary/aromatic N) is 1. The van der Waals surface area contributed by atoms with Crippen LogP contribution in [0.3, 0.4) is 0 Å². The van der Waals surface area contributed by atoms with E-state index in [0.29, 0.717) is 40.1 Å². The summed E-state index contributed by atoms with van der Waals surface area (Å²) in [4.78, 5) is 12.5. The van der Waals surface area contributed by atoms with Crippen LogP contribution in [0.25, 0.3) is 6.08 Å². The molecule has 0 aliphatic carbocycles. The largest absolute Gasteiger partial charge is 0.497 e. The molecular weight excluding hydrogens is 440 g/mol. The van der Waals surface area contributed by atoms with Crippen LogP contribution >= 0.6 is 11.6 Å². The van der Waals surface area contributed by atoms with E-state index in [1.165, 1.54) is 6.08 Å². The summed E-state index contributed by atoms with van der Waals surface area (Å²) in [6.45, 7) is 2.16. The van der Waals surface area contributed by atoms with Gasteiger partial charge in [0.25, 0.3) is 5.91 Å². The van der Waals surface area contributed by atoms with Crippen LogP contribution in [0, 0.1) is 18.3 Å². The molecule has 1 N–H and O–H groups in total. The van der Waals surface area contributed by atoms with E-state index >= 15 is 0 Å². The Bertz CT molecular complexity index is 1210. The van der Waals surface area contributed by atoms with Gasteiger partial charge in [-0.25, -0.2) is 0 Å². The molecule has 0 aromatic heterocycles. The first kappa shape index (κ1) is 23.7. The van der Waals surface area contributed by atoms with Crippen molar-refractivity contribution in [2.24, 2.45) is 0 Å². The molecule has 1 amide bonds. The maximum atomic E-state index is 12.5. The Morgan fingerprint density at radius 2 is 1.76 bits per heavy atom. The molecule has 0 unspecified atom stereocenters. The molecule has 6 nitrogen and oxygen atoms in total. The summed E-state index contributed by atoms with van der Waals surface area (Å²) in [6, 6.07) is 19.7. The maximum Gasteiger partial charge on any atom is 0.266 e. The Balaban J connectivity index is 1.67. The highest BCUT2D eigenvalue weighted by Gasteiger charge is 2.11. The lowest BCUT2D eigenvalue weighted by molar-refractivity contribution is -0.112. The number of hydrogen-bond donors (Lipinski definition) is 1. The van der Waals surface area contributed by atoms with Crippen molar-refractivity contribution in [3.05, 3.63) is 87.9 Å². The van der Waals surface area contributed by atoms with Gasteiger partial charge in [-0.1, -0.05) is 29.8 Å². The topological polar surface area (TPSA) is 80.6 Å². The highest BCUT2D eigenvalue weighted by Crippen LogP contribution is 2.26. The Hall–Kier alpha value is -3.95. The summed E-state index contributed by atoms with van der Waals surface area (Å²) in [7, 11) is 3.20. The van der Waals surface area contributed by atoms with Gasteiger partial charge >= 0.3 is 0 Å². The van der Waals surface area contributed by atoms with Crippen LogP contribution in [-0.2, 0) is 11.4 Å². The van der Waals surface area contributed by atoms with E-state index in [2.05, 4.69) is 5.32 Å². The van der Waals surface area contributed by atoms with Crippen molar-refractivity contribution in [1.82, 2.24) is 0 Å². The molecule has 0 saturated heterocycles. The number of benzene rings is 3. The van der Waals surface area contributed by atoms with Crippen LogP contribution in [0.1, 0.15) is 16.7 Å². The van der Waals surface area contributed by atoms with Gasteiger partial charge in [0.15, 0.2) is 0 Å². The monoisotopic (exact) mass is 462 g/mol. The highest BCUT2D eigenvalue weighted by molar-refractivity contribution is 6.31. The second-order valence-corrected chi connectivity index (χ2v) is 7.53. The Labute approximate surface area is 198 Å². The lowest BCUT2D eigenvalue weighted by Crippen LogP contribution is -2.13. The van der Waals surface area contributed by atoms with Gasteiger partial charge < -0.3 is 19.5 Å². The minimum atomic E-state index is -0.511. The minimum absolute atomic E-state index is 0.0264. The average Bonchev–Trinajstić information content (AvgIpc) is 2.83. The molecule has 0 aliphatic rings. The van der Waals surface area contributed by atoms with Gasteiger partial charge in [-0.3, -0.25) is 4.79 Å². The van der Waals surface area contributed by atoms with Gasteiger partial charge in [0.05, 0.1) is 14.2 Å². The molecule has 0 fully saturated rings. The molecule has 0 radical (unpaired) electrons. The van der Waals surface area contributed by atoms with Gasteiger partial charge in [0.1, 0.15) is 35.5 Å². The molecule has 0 aliphatic heterocycles. The van der Waals surface area contributed by atoms with Crippen molar-refractivity contribution in [2.45, 2.75) is 13.5 Å². The average molecular weight is 463 g/mol. The minimum Gasteiger partial charge on any atom is -0.497 e. The number of carbonyl (C=O) groups excluding carboxylic acids is 1. The third-order valence-corrected chi connectivity index (χ3v) is 5.27. The quantitative estimate of drug-likeness (QED) is 0.338. The molecular formula is C26H23ClN2O4. The van der Waals surface area contributed by atoms with E-state index in [9.17, 15) is 10.1 Å². The van der Waals surface area contributed by atoms with E-state index in [0.717, 1.165) is 11.1 Å². The Morgan fingerprint density at radius 1 is 1.03 bits per heavy atom. The van der Waals surface area contributed by atoms with Crippen molar-refractivity contribution in [3.63, 3.8) is 0 Å². The zero-order chi connectivity index (χ0) is 23.8. The second kappa shape index (κ2) is 11.1. The normalized spacial score (nSPS) is 10.8. The third-order valence-electron chi connectivity index (χ3n) is 4.87. The van der Waals surface area contributed by atoms with Gasteiger partial charge in [0.2, 0.25) is 0 Å². The predicted octanol–water partition coefficient (Wildman–Crippen LogP) is 5.79.